The Kier molecular flexibility index (Phi) is 7.79. The van der Waals surface area contributed by atoms with Crippen LogP contribution in [-0.2, 0) is 28.2 Å². The number of nitrogens with zero attached hydrogens (tertiary/aromatic N) is 6. The minimum Gasteiger partial charge on any atom is -0.347 e. The summed E-state index contributed by atoms with van der Waals surface area (Å²) in [4.78, 5) is 4.86. The summed E-state index contributed by atoms with van der Waals surface area (Å²) in [6, 6.07) is 16.5. The van der Waals surface area contributed by atoms with Crippen LogP contribution in [0, 0.1) is 0 Å². The van der Waals surface area contributed by atoms with Gasteiger partial charge in [0.05, 0.1) is 6.54 Å². The maximum absolute atomic E-state index is 5.75. The number of H-pyrrole nitrogens is 1. The van der Waals surface area contributed by atoms with Crippen molar-refractivity contribution in [2.45, 2.75) is 45.4 Å². The van der Waals surface area contributed by atoms with Gasteiger partial charge >= 0.3 is 0 Å². The Hall–Kier alpha value is -3.69. The average molecular weight is 474 g/mol. The van der Waals surface area contributed by atoms with Crippen LogP contribution < -0.4 is 0 Å². The number of allylic oxidation sites excluding steroid dienone is 2. The zero-order chi connectivity index (χ0) is 24.7. The highest BCUT2D eigenvalue weighted by Gasteiger charge is 2.36. The molecule has 9 nitrogen and oxygen atoms in total. The third-order valence-corrected chi connectivity index (χ3v) is 5.98. The molecule has 0 unspecified atom stereocenters. The molecule has 2 aromatic carbocycles. The van der Waals surface area contributed by atoms with Crippen LogP contribution in [0.1, 0.15) is 43.9 Å². The van der Waals surface area contributed by atoms with Gasteiger partial charge in [-0.3, -0.25) is 0 Å². The van der Waals surface area contributed by atoms with Gasteiger partial charge in [-0.05, 0) is 28.8 Å². The van der Waals surface area contributed by atoms with Crippen LogP contribution in [0.2, 0.25) is 0 Å². The second kappa shape index (κ2) is 11.2. The molecule has 4 rings (SSSR count). The van der Waals surface area contributed by atoms with Gasteiger partial charge in [0, 0.05) is 32.6 Å². The topological polar surface area (TPSA) is 104 Å². The first-order valence-electron chi connectivity index (χ1n) is 11.7. The van der Waals surface area contributed by atoms with E-state index in [0.29, 0.717) is 31.0 Å². The molecule has 0 aliphatic carbocycles. The standard InChI is InChI=1S/C26H31N7O2/c1-5-7-17-33-23(27-25(30-33)26(34-3,35-4)16-6-2)18-19-12-14-20(15-13-19)21-10-8-9-11-22(21)24-28-31-32-29-24/h5,7-15H,6,16-18H2,1-4H3,(H,28,29,31,32). The van der Waals surface area contributed by atoms with E-state index in [9.17, 15) is 0 Å². The number of hydrogen-bond acceptors (Lipinski definition) is 7. The molecular formula is C26H31N7O2. The predicted octanol–water partition coefficient (Wildman–Crippen LogP) is 4.54. The lowest BCUT2D eigenvalue weighted by atomic mass is 9.98. The fraction of sp³-hybridized carbons (Fsp3) is 0.346. The highest BCUT2D eigenvalue weighted by Crippen LogP contribution is 2.31. The summed E-state index contributed by atoms with van der Waals surface area (Å²) in [5, 5.41) is 19.3. The van der Waals surface area contributed by atoms with Crippen molar-refractivity contribution in [3.05, 3.63) is 77.9 Å². The van der Waals surface area contributed by atoms with Gasteiger partial charge in [-0.2, -0.15) is 5.21 Å². The van der Waals surface area contributed by atoms with E-state index in [1.165, 1.54) is 0 Å². The van der Waals surface area contributed by atoms with Crippen molar-refractivity contribution in [2.24, 2.45) is 0 Å². The molecule has 2 heterocycles. The number of ether oxygens (including phenoxy) is 2. The van der Waals surface area contributed by atoms with Gasteiger partial charge in [0.15, 0.2) is 0 Å². The minimum atomic E-state index is -0.951. The zero-order valence-corrected chi connectivity index (χ0v) is 20.6. The van der Waals surface area contributed by atoms with Gasteiger partial charge in [-0.1, -0.05) is 74.0 Å². The SMILES string of the molecule is CC=CCn1nc(C(CCC)(OC)OC)nc1Cc1ccc(-c2ccccc2-c2nn[nH]n2)cc1. The summed E-state index contributed by atoms with van der Waals surface area (Å²) in [7, 11) is 3.27. The first-order valence-corrected chi connectivity index (χ1v) is 11.7. The average Bonchev–Trinajstić information content (AvgIpc) is 3.57. The molecule has 0 aliphatic rings. The summed E-state index contributed by atoms with van der Waals surface area (Å²) >= 11 is 0. The van der Waals surface area contributed by atoms with Crippen LogP contribution in [0.15, 0.2) is 60.7 Å². The number of tetrazole rings is 1. The van der Waals surface area contributed by atoms with Crippen LogP contribution >= 0.6 is 0 Å². The monoisotopic (exact) mass is 473 g/mol. The maximum Gasteiger partial charge on any atom is 0.231 e. The van der Waals surface area contributed by atoms with Crippen molar-refractivity contribution in [2.75, 3.05) is 14.2 Å². The van der Waals surface area contributed by atoms with Crippen molar-refractivity contribution >= 4 is 0 Å². The number of nitrogens with one attached hydrogen (secondary N) is 1. The number of aromatic amines is 1. The minimum absolute atomic E-state index is 0.550. The van der Waals surface area contributed by atoms with Gasteiger partial charge in [-0.25, -0.2) is 9.67 Å². The predicted molar refractivity (Wildman–Crippen MR) is 133 cm³/mol. The van der Waals surface area contributed by atoms with E-state index in [-0.39, 0.29) is 0 Å². The summed E-state index contributed by atoms with van der Waals surface area (Å²) in [5.41, 5.74) is 4.17. The molecule has 0 aliphatic heterocycles. The van der Waals surface area contributed by atoms with Crippen LogP contribution in [-0.4, -0.2) is 49.6 Å². The van der Waals surface area contributed by atoms with Gasteiger partial charge in [-0.15, -0.1) is 15.3 Å². The fourth-order valence-electron chi connectivity index (χ4n) is 4.12. The molecule has 35 heavy (non-hydrogen) atoms. The molecular weight excluding hydrogens is 442 g/mol. The molecule has 4 aromatic rings. The molecule has 9 heteroatoms. The molecule has 0 saturated heterocycles. The van der Waals surface area contributed by atoms with Crippen molar-refractivity contribution < 1.29 is 9.47 Å². The first kappa shape index (κ1) is 24.4. The van der Waals surface area contributed by atoms with Crippen molar-refractivity contribution in [1.82, 2.24) is 35.4 Å². The molecule has 0 amide bonds. The highest BCUT2D eigenvalue weighted by atomic mass is 16.7. The van der Waals surface area contributed by atoms with E-state index in [2.05, 4.69) is 64.0 Å². The quantitative estimate of drug-likeness (QED) is 0.252. The molecule has 1 N–H and O–H groups in total. The lowest BCUT2D eigenvalue weighted by molar-refractivity contribution is -0.225. The number of benzene rings is 2. The third kappa shape index (κ3) is 5.21. The lowest BCUT2D eigenvalue weighted by Crippen LogP contribution is -2.32. The zero-order valence-electron chi connectivity index (χ0n) is 20.6. The number of rotatable bonds is 11. The Morgan fingerprint density at radius 3 is 2.40 bits per heavy atom. The van der Waals surface area contributed by atoms with Gasteiger partial charge in [0.1, 0.15) is 5.82 Å². The maximum atomic E-state index is 5.75. The summed E-state index contributed by atoms with van der Waals surface area (Å²) < 4.78 is 13.4. The van der Waals surface area contributed by atoms with Gasteiger partial charge < -0.3 is 9.47 Å². The summed E-state index contributed by atoms with van der Waals surface area (Å²) in [6.45, 7) is 4.71. The number of methoxy groups -OCH3 is 2. The van der Waals surface area contributed by atoms with Crippen LogP contribution in [0.4, 0.5) is 0 Å². The van der Waals surface area contributed by atoms with E-state index >= 15 is 0 Å². The second-order valence-corrected chi connectivity index (χ2v) is 8.17. The summed E-state index contributed by atoms with van der Waals surface area (Å²) in [6.07, 6.45) is 6.25. The Balaban J connectivity index is 1.63. The van der Waals surface area contributed by atoms with Crippen molar-refractivity contribution in [3.8, 4) is 22.5 Å². The van der Waals surface area contributed by atoms with E-state index in [4.69, 9.17) is 19.6 Å². The van der Waals surface area contributed by atoms with Crippen molar-refractivity contribution in [3.63, 3.8) is 0 Å². The Labute approximate surface area is 205 Å². The number of aromatic nitrogens is 7. The summed E-state index contributed by atoms with van der Waals surface area (Å²) in [5.74, 6) is 1.02. The van der Waals surface area contributed by atoms with Gasteiger partial charge in [0.2, 0.25) is 17.4 Å². The smallest absolute Gasteiger partial charge is 0.231 e. The van der Waals surface area contributed by atoms with E-state index in [1.54, 1.807) is 14.2 Å². The molecule has 0 radical (unpaired) electrons. The van der Waals surface area contributed by atoms with Crippen LogP contribution in [0.3, 0.4) is 0 Å². The van der Waals surface area contributed by atoms with Crippen LogP contribution in [0.25, 0.3) is 22.5 Å². The fourth-order valence-corrected chi connectivity index (χ4v) is 4.12. The largest absolute Gasteiger partial charge is 0.347 e. The van der Waals surface area contributed by atoms with Crippen molar-refractivity contribution in [1.29, 1.82) is 0 Å². The molecule has 0 spiro atoms. The molecule has 0 saturated carbocycles. The first-order chi connectivity index (χ1) is 17.1. The van der Waals surface area contributed by atoms with E-state index in [1.807, 2.05) is 35.9 Å². The number of hydrogen-bond donors (Lipinski definition) is 1. The van der Waals surface area contributed by atoms with E-state index in [0.717, 1.165) is 34.5 Å². The Morgan fingerprint density at radius 2 is 1.77 bits per heavy atom. The Morgan fingerprint density at radius 1 is 1.03 bits per heavy atom. The third-order valence-electron chi connectivity index (χ3n) is 5.98. The molecule has 182 valence electrons. The lowest BCUT2D eigenvalue weighted by Gasteiger charge is -2.27. The molecule has 0 fully saturated rings. The van der Waals surface area contributed by atoms with Gasteiger partial charge in [0.25, 0.3) is 0 Å². The molecule has 0 atom stereocenters. The molecule has 2 aromatic heterocycles. The van der Waals surface area contributed by atoms with E-state index < -0.39 is 5.79 Å². The second-order valence-electron chi connectivity index (χ2n) is 8.17. The normalized spacial score (nSPS) is 12.0. The van der Waals surface area contributed by atoms with Crippen LogP contribution in [0.5, 0.6) is 0 Å². The Bertz CT molecular complexity index is 1240. The highest BCUT2D eigenvalue weighted by molar-refractivity contribution is 5.80. The molecule has 0 bridgehead atoms.